The average Bonchev–Trinajstić information content (AvgIpc) is 3.38. The van der Waals surface area contributed by atoms with E-state index in [4.69, 9.17) is 21.0 Å². The molecule has 5 rings (SSSR count). The molecule has 1 unspecified atom stereocenters. The lowest BCUT2D eigenvalue weighted by Crippen LogP contribution is -2.10. The summed E-state index contributed by atoms with van der Waals surface area (Å²) in [7, 11) is 0. The molecular formula is C21H17ClFN5OS. The molecule has 152 valence electrons. The lowest BCUT2D eigenvalue weighted by Gasteiger charge is -2.12. The van der Waals surface area contributed by atoms with E-state index < -0.39 is 11.9 Å². The minimum absolute atomic E-state index is 0.341. The third-order valence-electron chi connectivity index (χ3n) is 5.28. The van der Waals surface area contributed by atoms with Crippen LogP contribution in [-0.4, -0.2) is 25.5 Å². The zero-order chi connectivity index (χ0) is 21.0. The van der Waals surface area contributed by atoms with Crippen molar-refractivity contribution in [3.05, 3.63) is 80.6 Å². The largest absolute Gasteiger partial charge is 0.449 e. The van der Waals surface area contributed by atoms with Crippen LogP contribution in [-0.2, 0) is 6.42 Å². The van der Waals surface area contributed by atoms with Crippen LogP contribution in [0.3, 0.4) is 0 Å². The van der Waals surface area contributed by atoms with Gasteiger partial charge in [-0.3, -0.25) is 9.56 Å². The number of oxazole rings is 1. The van der Waals surface area contributed by atoms with Crippen molar-refractivity contribution in [2.45, 2.75) is 33.2 Å². The van der Waals surface area contributed by atoms with Gasteiger partial charge in [0.05, 0.1) is 18.3 Å². The Balaban J connectivity index is 1.80. The van der Waals surface area contributed by atoms with Crippen LogP contribution >= 0.6 is 22.9 Å². The number of halogens is 2. The van der Waals surface area contributed by atoms with Crippen LogP contribution in [0.2, 0.25) is 5.02 Å². The Labute approximate surface area is 181 Å². The molecule has 0 N–H and O–H groups in total. The first-order valence-corrected chi connectivity index (χ1v) is 10.6. The van der Waals surface area contributed by atoms with Crippen molar-refractivity contribution in [2.24, 2.45) is 4.99 Å². The van der Waals surface area contributed by atoms with Crippen molar-refractivity contribution >= 4 is 28.6 Å². The third kappa shape index (κ3) is 2.98. The zero-order valence-corrected chi connectivity index (χ0v) is 18.1. The summed E-state index contributed by atoms with van der Waals surface area (Å²) in [6, 6.07) is 4.23. The quantitative estimate of drug-likeness (QED) is 0.440. The summed E-state index contributed by atoms with van der Waals surface area (Å²) >= 11 is 7.63. The van der Waals surface area contributed by atoms with Gasteiger partial charge in [-0.05, 0) is 44.5 Å². The van der Waals surface area contributed by atoms with E-state index in [0.717, 1.165) is 26.8 Å². The maximum absolute atomic E-state index is 15.0. The van der Waals surface area contributed by atoms with Gasteiger partial charge in [-0.1, -0.05) is 11.6 Å². The van der Waals surface area contributed by atoms with Crippen LogP contribution in [0.15, 0.2) is 40.1 Å². The van der Waals surface area contributed by atoms with Gasteiger partial charge >= 0.3 is 0 Å². The fourth-order valence-electron chi connectivity index (χ4n) is 3.71. The molecule has 1 aromatic carbocycles. The number of aliphatic imine (C=N–C) groups is 1. The molecule has 9 heteroatoms. The molecule has 0 fully saturated rings. The van der Waals surface area contributed by atoms with E-state index in [1.165, 1.54) is 12.3 Å². The Morgan fingerprint density at radius 2 is 2.07 bits per heavy atom. The van der Waals surface area contributed by atoms with E-state index in [1.807, 2.05) is 25.3 Å². The fraction of sp³-hybridized carbons (Fsp3) is 0.238. The van der Waals surface area contributed by atoms with Crippen LogP contribution in [0.5, 0.6) is 0 Å². The Kier molecular flexibility index (Phi) is 4.56. The number of aryl methyl sites for hydroxylation is 2. The van der Waals surface area contributed by atoms with Crippen LogP contribution in [0.4, 0.5) is 4.39 Å². The molecule has 4 aromatic rings. The third-order valence-corrected chi connectivity index (χ3v) is 6.70. The average molecular weight is 442 g/mol. The fourth-order valence-corrected chi connectivity index (χ4v) is 5.08. The van der Waals surface area contributed by atoms with Crippen LogP contribution in [0.25, 0.3) is 5.00 Å². The lowest BCUT2D eigenvalue weighted by molar-refractivity contribution is 0.467. The maximum atomic E-state index is 15.0. The Bertz CT molecular complexity index is 1290. The Morgan fingerprint density at radius 1 is 1.23 bits per heavy atom. The molecule has 0 amide bonds. The van der Waals surface area contributed by atoms with Crippen molar-refractivity contribution < 1.29 is 8.81 Å². The second-order valence-corrected chi connectivity index (χ2v) is 8.79. The van der Waals surface area contributed by atoms with E-state index in [0.29, 0.717) is 34.4 Å². The van der Waals surface area contributed by atoms with Gasteiger partial charge in [0, 0.05) is 21.0 Å². The van der Waals surface area contributed by atoms with E-state index in [-0.39, 0.29) is 0 Å². The van der Waals surface area contributed by atoms with Crippen molar-refractivity contribution in [3.63, 3.8) is 0 Å². The summed E-state index contributed by atoms with van der Waals surface area (Å²) < 4.78 is 22.5. The van der Waals surface area contributed by atoms with Gasteiger partial charge in [-0.15, -0.1) is 21.5 Å². The highest BCUT2D eigenvalue weighted by Crippen LogP contribution is 2.39. The minimum Gasteiger partial charge on any atom is -0.449 e. The first-order valence-electron chi connectivity index (χ1n) is 9.38. The van der Waals surface area contributed by atoms with Crippen LogP contribution < -0.4 is 0 Å². The topological polar surface area (TPSA) is 69.1 Å². The van der Waals surface area contributed by atoms with Crippen molar-refractivity contribution in [1.82, 2.24) is 19.7 Å². The highest BCUT2D eigenvalue weighted by molar-refractivity contribution is 7.15. The lowest BCUT2D eigenvalue weighted by atomic mass is 9.99. The first kappa shape index (κ1) is 19.1. The van der Waals surface area contributed by atoms with Gasteiger partial charge < -0.3 is 4.42 Å². The highest BCUT2D eigenvalue weighted by atomic mass is 35.5. The summed E-state index contributed by atoms with van der Waals surface area (Å²) in [5, 5.41) is 9.98. The predicted molar refractivity (Wildman–Crippen MR) is 113 cm³/mol. The number of thiophene rings is 1. The number of fused-ring (bicyclic) bond motifs is 3. The van der Waals surface area contributed by atoms with Crippen molar-refractivity contribution in [2.75, 3.05) is 0 Å². The summed E-state index contributed by atoms with van der Waals surface area (Å²) in [6.07, 6.45) is 3.50. The van der Waals surface area contributed by atoms with Crippen LogP contribution in [0, 0.1) is 26.6 Å². The normalized spacial score (nSPS) is 15.5. The van der Waals surface area contributed by atoms with Gasteiger partial charge in [0.2, 0.25) is 0 Å². The molecule has 4 heterocycles. The van der Waals surface area contributed by atoms with Gasteiger partial charge in [-0.25, -0.2) is 9.37 Å². The highest BCUT2D eigenvalue weighted by Gasteiger charge is 2.32. The summed E-state index contributed by atoms with van der Waals surface area (Å²) in [5.41, 5.74) is 2.91. The van der Waals surface area contributed by atoms with Gasteiger partial charge in [0.1, 0.15) is 28.9 Å². The van der Waals surface area contributed by atoms with E-state index in [9.17, 15) is 0 Å². The predicted octanol–water partition coefficient (Wildman–Crippen LogP) is 5.17. The molecule has 0 spiro atoms. The standard InChI is InChI=1S/C21H17ClFN5OS/c1-10-11(2)30-21-18(10)19(14-5-4-13(22)8-15(14)23)25-16(9-17-24-6-7-29-17)20-27-26-12(3)28(20)21/h4-8,16H,9H2,1-3H3. The molecule has 0 aliphatic carbocycles. The van der Waals surface area contributed by atoms with E-state index in [1.54, 1.807) is 29.7 Å². The summed E-state index contributed by atoms with van der Waals surface area (Å²) in [4.78, 5) is 10.4. The molecule has 30 heavy (non-hydrogen) atoms. The number of hydrogen-bond acceptors (Lipinski definition) is 6. The number of aromatic nitrogens is 4. The number of nitrogens with zero attached hydrogens (tertiary/aromatic N) is 5. The van der Waals surface area contributed by atoms with Crippen molar-refractivity contribution in [3.8, 4) is 5.00 Å². The molecule has 0 radical (unpaired) electrons. The second-order valence-electron chi connectivity index (χ2n) is 7.15. The molecule has 1 atom stereocenters. The molecular weight excluding hydrogens is 425 g/mol. The number of benzene rings is 1. The van der Waals surface area contributed by atoms with E-state index >= 15 is 4.39 Å². The smallest absolute Gasteiger partial charge is 0.196 e. The van der Waals surface area contributed by atoms with Gasteiger partial charge in [0.25, 0.3) is 0 Å². The second kappa shape index (κ2) is 7.14. The molecule has 0 bridgehead atoms. The first-order chi connectivity index (χ1) is 14.4. The molecule has 0 saturated carbocycles. The minimum atomic E-state index is -0.436. The molecule has 1 aliphatic heterocycles. The molecule has 0 saturated heterocycles. The van der Waals surface area contributed by atoms with Crippen molar-refractivity contribution in [1.29, 1.82) is 0 Å². The monoisotopic (exact) mass is 441 g/mol. The molecule has 3 aromatic heterocycles. The SMILES string of the molecule is Cc1sc2c(c1C)C(c1ccc(Cl)cc1F)=NC(Cc1ncco1)c1nnc(C)n1-2. The summed E-state index contributed by atoms with van der Waals surface area (Å²) in [5.74, 6) is 1.54. The van der Waals surface area contributed by atoms with Crippen LogP contribution in [0.1, 0.15) is 45.1 Å². The van der Waals surface area contributed by atoms with Gasteiger partial charge in [0.15, 0.2) is 11.7 Å². The van der Waals surface area contributed by atoms with Gasteiger partial charge in [-0.2, -0.15) is 0 Å². The Hall–Kier alpha value is -2.84. The summed E-state index contributed by atoms with van der Waals surface area (Å²) in [6.45, 7) is 5.98. The molecule has 6 nitrogen and oxygen atoms in total. The Morgan fingerprint density at radius 3 is 2.80 bits per heavy atom. The number of hydrogen-bond donors (Lipinski definition) is 0. The maximum Gasteiger partial charge on any atom is 0.196 e. The van der Waals surface area contributed by atoms with E-state index in [2.05, 4.69) is 15.2 Å². The molecule has 1 aliphatic rings. The zero-order valence-electron chi connectivity index (χ0n) is 16.5. The number of rotatable bonds is 3.